The zero-order valence-corrected chi connectivity index (χ0v) is 11.3. The van der Waals surface area contributed by atoms with Crippen LogP contribution in [0.5, 0.6) is 0 Å². The van der Waals surface area contributed by atoms with Gasteiger partial charge in [0.25, 0.3) is 0 Å². The van der Waals surface area contributed by atoms with Gasteiger partial charge in [-0.15, -0.1) is 0 Å². The van der Waals surface area contributed by atoms with E-state index in [0.29, 0.717) is 0 Å². The molecular formula is C15H23FN2. The lowest BCUT2D eigenvalue weighted by molar-refractivity contribution is 0.213. The van der Waals surface area contributed by atoms with Crippen molar-refractivity contribution in [3.63, 3.8) is 0 Å². The Balaban J connectivity index is 1.81. The summed E-state index contributed by atoms with van der Waals surface area (Å²) in [6.07, 6.45) is 2.49. The Labute approximate surface area is 109 Å². The quantitative estimate of drug-likeness (QED) is 0.884. The molecule has 0 amide bonds. The number of halogens is 1. The van der Waals surface area contributed by atoms with E-state index in [9.17, 15) is 4.39 Å². The van der Waals surface area contributed by atoms with Gasteiger partial charge in [-0.1, -0.05) is 18.2 Å². The van der Waals surface area contributed by atoms with E-state index in [-0.39, 0.29) is 11.9 Å². The van der Waals surface area contributed by atoms with Crippen LogP contribution in [-0.4, -0.2) is 31.6 Å². The second-order valence-corrected chi connectivity index (χ2v) is 5.40. The molecular weight excluding hydrogens is 227 g/mol. The van der Waals surface area contributed by atoms with Crippen molar-refractivity contribution in [1.29, 1.82) is 0 Å². The third-order valence-corrected chi connectivity index (χ3v) is 3.92. The van der Waals surface area contributed by atoms with Gasteiger partial charge in [-0.05, 0) is 58.4 Å². The van der Waals surface area contributed by atoms with E-state index in [1.165, 1.54) is 32.0 Å². The SMILES string of the molecule is CC(NCC1CCN(C)CC1)c1ccccc1F. The summed E-state index contributed by atoms with van der Waals surface area (Å²) in [5.41, 5.74) is 0.769. The molecule has 0 spiro atoms. The van der Waals surface area contributed by atoms with Crippen LogP contribution in [0.25, 0.3) is 0 Å². The van der Waals surface area contributed by atoms with Crippen molar-refractivity contribution in [2.45, 2.75) is 25.8 Å². The number of hydrogen-bond acceptors (Lipinski definition) is 2. The van der Waals surface area contributed by atoms with Crippen LogP contribution in [-0.2, 0) is 0 Å². The van der Waals surface area contributed by atoms with Gasteiger partial charge in [0.05, 0.1) is 0 Å². The molecule has 2 nitrogen and oxygen atoms in total. The first-order chi connectivity index (χ1) is 8.66. The zero-order chi connectivity index (χ0) is 13.0. The molecule has 1 unspecified atom stereocenters. The molecule has 1 heterocycles. The van der Waals surface area contributed by atoms with Gasteiger partial charge in [-0.3, -0.25) is 0 Å². The maximum Gasteiger partial charge on any atom is 0.127 e. The molecule has 100 valence electrons. The van der Waals surface area contributed by atoms with Gasteiger partial charge < -0.3 is 10.2 Å². The summed E-state index contributed by atoms with van der Waals surface area (Å²) in [7, 11) is 2.17. The summed E-state index contributed by atoms with van der Waals surface area (Å²) >= 11 is 0. The fourth-order valence-electron chi connectivity index (χ4n) is 2.55. The van der Waals surface area contributed by atoms with Gasteiger partial charge in [-0.25, -0.2) is 4.39 Å². The first-order valence-electron chi connectivity index (χ1n) is 6.83. The van der Waals surface area contributed by atoms with Crippen LogP contribution in [0.2, 0.25) is 0 Å². The van der Waals surface area contributed by atoms with Crippen LogP contribution >= 0.6 is 0 Å². The first kappa shape index (κ1) is 13.5. The van der Waals surface area contributed by atoms with Crippen LogP contribution in [0.4, 0.5) is 4.39 Å². The van der Waals surface area contributed by atoms with Crippen molar-refractivity contribution >= 4 is 0 Å². The van der Waals surface area contributed by atoms with Gasteiger partial charge in [-0.2, -0.15) is 0 Å². The number of likely N-dealkylation sites (tertiary alicyclic amines) is 1. The summed E-state index contributed by atoms with van der Waals surface area (Å²) < 4.78 is 13.6. The molecule has 1 aromatic rings. The minimum atomic E-state index is -0.110. The molecule has 0 saturated carbocycles. The van der Waals surface area contributed by atoms with E-state index < -0.39 is 0 Å². The van der Waals surface area contributed by atoms with Gasteiger partial charge in [0.2, 0.25) is 0 Å². The molecule has 1 aliphatic rings. The minimum absolute atomic E-state index is 0.0888. The van der Waals surface area contributed by atoms with Gasteiger partial charge in [0, 0.05) is 11.6 Å². The summed E-state index contributed by atoms with van der Waals surface area (Å²) in [5.74, 6) is 0.622. The van der Waals surface area contributed by atoms with Crippen LogP contribution < -0.4 is 5.32 Å². The minimum Gasteiger partial charge on any atom is -0.310 e. The molecule has 1 aromatic carbocycles. The van der Waals surface area contributed by atoms with Crippen molar-refractivity contribution in [2.75, 3.05) is 26.7 Å². The molecule has 0 bridgehead atoms. The van der Waals surface area contributed by atoms with E-state index in [1.54, 1.807) is 6.07 Å². The summed E-state index contributed by atoms with van der Waals surface area (Å²) in [6, 6.07) is 7.12. The number of piperidine rings is 1. The number of hydrogen-bond donors (Lipinski definition) is 1. The molecule has 1 aliphatic heterocycles. The monoisotopic (exact) mass is 250 g/mol. The number of nitrogens with zero attached hydrogens (tertiary/aromatic N) is 1. The molecule has 0 radical (unpaired) electrons. The second-order valence-electron chi connectivity index (χ2n) is 5.40. The van der Waals surface area contributed by atoms with E-state index in [4.69, 9.17) is 0 Å². The van der Waals surface area contributed by atoms with Gasteiger partial charge in [0.15, 0.2) is 0 Å². The maximum atomic E-state index is 13.6. The van der Waals surface area contributed by atoms with Crippen molar-refractivity contribution in [3.05, 3.63) is 35.6 Å². The van der Waals surface area contributed by atoms with Crippen LogP contribution in [0.1, 0.15) is 31.4 Å². The summed E-state index contributed by atoms with van der Waals surface area (Å²) in [5, 5.41) is 3.47. The third kappa shape index (κ3) is 3.53. The highest BCUT2D eigenvalue weighted by Gasteiger charge is 2.18. The lowest BCUT2D eigenvalue weighted by atomic mass is 9.96. The molecule has 1 saturated heterocycles. The van der Waals surface area contributed by atoms with Crippen molar-refractivity contribution in [3.8, 4) is 0 Å². The third-order valence-electron chi connectivity index (χ3n) is 3.92. The Kier molecular flexibility index (Phi) is 4.72. The normalized spacial score (nSPS) is 19.9. The van der Waals surface area contributed by atoms with E-state index in [0.717, 1.165) is 18.0 Å². The molecule has 18 heavy (non-hydrogen) atoms. The van der Waals surface area contributed by atoms with Crippen molar-refractivity contribution in [2.24, 2.45) is 5.92 Å². The van der Waals surface area contributed by atoms with Crippen molar-refractivity contribution < 1.29 is 4.39 Å². The molecule has 2 rings (SSSR count). The maximum absolute atomic E-state index is 13.6. The standard InChI is InChI=1S/C15H23FN2/c1-12(14-5-3-4-6-15(14)16)17-11-13-7-9-18(2)10-8-13/h3-6,12-13,17H,7-11H2,1-2H3. The Morgan fingerprint density at radius 2 is 2.00 bits per heavy atom. The lowest BCUT2D eigenvalue weighted by Gasteiger charge is -2.30. The van der Waals surface area contributed by atoms with Crippen molar-refractivity contribution in [1.82, 2.24) is 10.2 Å². The van der Waals surface area contributed by atoms with Gasteiger partial charge in [0.1, 0.15) is 5.82 Å². The smallest absolute Gasteiger partial charge is 0.127 e. The van der Waals surface area contributed by atoms with E-state index in [2.05, 4.69) is 17.3 Å². The molecule has 0 aromatic heterocycles. The Hall–Kier alpha value is -0.930. The highest BCUT2D eigenvalue weighted by molar-refractivity contribution is 5.20. The largest absolute Gasteiger partial charge is 0.310 e. The van der Waals surface area contributed by atoms with Crippen LogP contribution in [0.15, 0.2) is 24.3 Å². The Morgan fingerprint density at radius 3 is 2.67 bits per heavy atom. The average Bonchev–Trinajstić information content (AvgIpc) is 2.38. The van der Waals surface area contributed by atoms with Gasteiger partial charge >= 0.3 is 0 Å². The van der Waals surface area contributed by atoms with E-state index >= 15 is 0 Å². The zero-order valence-electron chi connectivity index (χ0n) is 11.3. The summed E-state index contributed by atoms with van der Waals surface area (Å²) in [6.45, 7) is 5.39. The highest BCUT2D eigenvalue weighted by atomic mass is 19.1. The predicted octanol–water partition coefficient (Wildman–Crippen LogP) is 2.82. The predicted molar refractivity (Wildman–Crippen MR) is 73.0 cm³/mol. The highest BCUT2D eigenvalue weighted by Crippen LogP contribution is 2.19. The number of rotatable bonds is 4. The fourth-order valence-corrected chi connectivity index (χ4v) is 2.55. The Bertz CT molecular complexity index is 373. The summed E-state index contributed by atoms with van der Waals surface area (Å²) in [4.78, 5) is 2.37. The number of benzene rings is 1. The molecule has 1 N–H and O–H groups in total. The molecule has 1 atom stereocenters. The molecule has 0 aliphatic carbocycles. The fraction of sp³-hybridized carbons (Fsp3) is 0.600. The number of nitrogens with one attached hydrogen (secondary N) is 1. The second kappa shape index (κ2) is 6.30. The molecule has 1 fully saturated rings. The topological polar surface area (TPSA) is 15.3 Å². The average molecular weight is 250 g/mol. The van der Waals surface area contributed by atoms with Crippen LogP contribution in [0, 0.1) is 11.7 Å². The lowest BCUT2D eigenvalue weighted by Crippen LogP contribution is -2.35. The van der Waals surface area contributed by atoms with Crippen LogP contribution in [0.3, 0.4) is 0 Å². The van der Waals surface area contributed by atoms with E-state index in [1.807, 2.05) is 19.1 Å². The Morgan fingerprint density at radius 1 is 1.33 bits per heavy atom. The first-order valence-corrected chi connectivity index (χ1v) is 6.83. The molecule has 3 heteroatoms.